The highest BCUT2D eigenvalue weighted by Crippen LogP contribution is 2.49. The van der Waals surface area contributed by atoms with Gasteiger partial charge in [-0.15, -0.1) is 0 Å². The lowest BCUT2D eigenvalue weighted by Gasteiger charge is -2.32. The van der Waals surface area contributed by atoms with Crippen LogP contribution in [0.15, 0.2) is 76.7 Å². The highest BCUT2D eigenvalue weighted by Gasteiger charge is 2.74. The van der Waals surface area contributed by atoms with Gasteiger partial charge in [0.2, 0.25) is 10.0 Å². The molecule has 1 aliphatic rings. The van der Waals surface area contributed by atoms with Gasteiger partial charge in [0, 0.05) is 26.1 Å². The summed E-state index contributed by atoms with van der Waals surface area (Å²) in [5.74, 6) is -2.36. The minimum Gasteiger partial charge on any atom is -0.395 e. The number of anilines is 1. The van der Waals surface area contributed by atoms with Crippen LogP contribution >= 0.6 is 0 Å². The Balaban J connectivity index is 1.71. The Morgan fingerprint density at radius 1 is 0.907 bits per heavy atom. The Morgan fingerprint density at radius 2 is 1.44 bits per heavy atom. The molecule has 0 aromatic heterocycles. The summed E-state index contributed by atoms with van der Waals surface area (Å²) in [5, 5.41) is 22.9. The fourth-order valence-corrected chi connectivity index (χ4v) is 5.69. The van der Waals surface area contributed by atoms with Gasteiger partial charge < -0.3 is 10.2 Å². The molecule has 3 aromatic rings. The quantitative estimate of drug-likeness (QED) is 0.323. The Bertz CT molecular complexity index is 1600. The standard InChI is InChI=1S/C27H23F8N3O4S/c1-37(12-13-39)43(41,42)20-9-6-17(7-10-20)16-2-4-18(5-3-16)23-15-24(25(40,26(30,31)32)27(33,34)35)36-38(23)22-11-8-19(28)14-21(22)29/h2-11,14,23,39-40H,12-13,15H2,1H3. The molecule has 43 heavy (non-hydrogen) atoms. The summed E-state index contributed by atoms with van der Waals surface area (Å²) in [6, 6.07) is 11.6. The summed E-state index contributed by atoms with van der Waals surface area (Å²) in [6.07, 6.45) is -13.6. The maximum Gasteiger partial charge on any atom is 0.431 e. The molecule has 3 aromatic carbocycles. The third-order valence-corrected chi connectivity index (χ3v) is 8.78. The summed E-state index contributed by atoms with van der Waals surface area (Å²) in [6.45, 7) is -0.509. The number of aliphatic hydroxyl groups excluding tert-OH is 1. The smallest absolute Gasteiger partial charge is 0.395 e. The maximum atomic E-state index is 14.7. The van der Waals surface area contributed by atoms with Crippen LogP contribution in [0.1, 0.15) is 18.0 Å². The van der Waals surface area contributed by atoms with Crippen LogP contribution in [-0.2, 0) is 10.0 Å². The molecule has 1 unspecified atom stereocenters. The second kappa shape index (κ2) is 11.5. The second-order valence-corrected chi connectivity index (χ2v) is 11.7. The molecule has 0 radical (unpaired) electrons. The molecule has 0 amide bonds. The monoisotopic (exact) mass is 637 g/mol. The van der Waals surface area contributed by atoms with E-state index < -0.39 is 63.5 Å². The van der Waals surface area contributed by atoms with Gasteiger partial charge in [-0.1, -0.05) is 36.4 Å². The number of halogens is 8. The van der Waals surface area contributed by atoms with E-state index in [1.807, 2.05) is 0 Å². The molecule has 1 aliphatic heterocycles. The van der Waals surface area contributed by atoms with Gasteiger partial charge >= 0.3 is 12.4 Å². The number of alkyl halides is 6. The Morgan fingerprint density at radius 3 is 1.93 bits per heavy atom. The lowest BCUT2D eigenvalue weighted by Crippen LogP contribution is -2.62. The van der Waals surface area contributed by atoms with Crippen molar-refractivity contribution in [1.82, 2.24) is 4.31 Å². The van der Waals surface area contributed by atoms with Crippen molar-refractivity contribution in [2.24, 2.45) is 5.10 Å². The molecule has 0 bridgehead atoms. The molecule has 0 fully saturated rings. The van der Waals surface area contributed by atoms with Crippen molar-refractivity contribution in [3.05, 3.63) is 83.9 Å². The largest absolute Gasteiger partial charge is 0.431 e. The summed E-state index contributed by atoms with van der Waals surface area (Å²) in [5.41, 5.74) is -6.62. The highest BCUT2D eigenvalue weighted by atomic mass is 32.2. The summed E-state index contributed by atoms with van der Waals surface area (Å²) < 4.78 is 136. The molecular formula is C27H23F8N3O4S. The van der Waals surface area contributed by atoms with Gasteiger partial charge in [0.25, 0.3) is 5.60 Å². The van der Waals surface area contributed by atoms with Crippen molar-refractivity contribution >= 4 is 21.4 Å². The van der Waals surface area contributed by atoms with Crippen LogP contribution in [0, 0.1) is 11.6 Å². The normalized spacial score (nSPS) is 16.6. The fraction of sp³-hybridized carbons (Fsp3) is 0.296. The van der Waals surface area contributed by atoms with E-state index in [0.29, 0.717) is 22.2 Å². The first kappa shape index (κ1) is 32.3. The number of hydrazone groups is 1. The van der Waals surface area contributed by atoms with Gasteiger partial charge in [0.1, 0.15) is 5.82 Å². The fourth-order valence-electron chi connectivity index (χ4n) is 4.52. The van der Waals surface area contributed by atoms with E-state index in [9.17, 15) is 48.6 Å². The molecule has 2 N–H and O–H groups in total. The average Bonchev–Trinajstić information content (AvgIpc) is 3.37. The third kappa shape index (κ3) is 5.96. The summed E-state index contributed by atoms with van der Waals surface area (Å²) >= 11 is 0. The molecule has 0 spiro atoms. The number of nitrogens with zero attached hydrogens (tertiary/aromatic N) is 3. The lowest BCUT2D eigenvalue weighted by atomic mass is 9.89. The van der Waals surface area contributed by atoms with Crippen molar-refractivity contribution in [3.63, 3.8) is 0 Å². The van der Waals surface area contributed by atoms with Gasteiger partial charge in [-0.3, -0.25) is 5.01 Å². The zero-order chi connectivity index (χ0) is 32.0. The van der Waals surface area contributed by atoms with Gasteiger partial charge in [0.15, 0.2) is 5.82 Å². The molecule has 0 saturated heterocycles. The van der Waals surface area contributed by atoms with E-state index >= 15 is 0 Å². The maximum absolute atomic E-state index is 14.7. The number of likely N-dealkylation sites (N-methyl/N-ethyl adjacent to an activating group) is 1. The number of benzene rings is 3. The molecule has 232 valence electrons. The number of hydrogen-bond acceptors (Lipinski definition) is 6. The molecular weight excluding hydrogens is 614 g/mol. The van der Waals surface area contributed by atoms with Gasteiger partial charge in [-0.25, -0.2) is 17.2 Å². The molecule has 7 nitrogen and oxygen atoms in total. The Labute approximate surface area is 240 Å². The second-order valence-electron chi connectivity index (χ2n) is 9.61. The zero-order valence-electron chi connectivity index (χ0n) is 22.0. The Hall–Kier alpha value is -3.60. The van der Waals surface area contributed by atoms with Crippen molar-refractivity contribution in [1.29, 1.82) is 0 Å². The third-order valence-electron chi connectivity index (χ3n) is 6.91. The van der Waals surface area contributed by atoms with Crippen molar-refractivity contribution < 1.29 is 53.8 Å². The van der Waals surface area contributed by atoms with Crippen LogP contribution in [-0.4, -0.2) is 66.8 Å². The van der Waals surface area contributed by atoms with Crippen LogP contribution in [0.25, 0.3) is 11.1 Å². The molecule has 16 heteroatoms. The molecule has 0 saturated carbocycles. The van der Waals surface area contributed by atoms with Crippen molar-refractivity contribution in [2.75, 3.05) is 25.2 Å². The Kier molecular flexibility index (Phi) is 8.63. The van der Waals surface area contributed by atoms with Crippen LogP contribution in [0.2, 0.25) is 0 Å². The molecule has 4 rings (SSSR count). The average molecular weight is 638 g/mol. The predicted octanol–water partition coefficient (Wildman–Crippen LogP) is 5.41. The first-order valence-electron chi connectivity index (χ1n) is 12.4. The summed E-state index contributed by atoms with van der Waals surface area (Å²) in [4.78, 5) is -0.0572. The summed E-state index contributed by atoms with van der Waals surface area (Å²) in [7, 11) is -2.58. The topological polar surface area (TPSA) is 93.4 Å². The minimum absolute atomic E-state index is 0.0572. The van der Waals surface area contributed by atoms with Crippen LogP contribution in [0.3, 0.4) is 0 Å². The van der Waals surface area contributed by atoms with Crippen LogP contribution < -0.4 is 5.01 Å². The number of hydrogen-bond donors (Lipinski definition) is 2. The predicted molar refractivity (Wildman–Crippen MR) is 139 cm³/mol. The van der Waals surface area contributed by atoms with Gasteiger partial charge in [-0.05, 0) is 41.0 Å². The van der Waals surface area contributed by atoms with Crippen LogP contribution in [0.4, 0.5) is 40.8 Å². The van der Waals surface area contributed by atoms with E-state index in [0.717, 1.165) is 16.4 Å². The van der Waals surface area contributed by atoms with Crippen molar-refractivity contribution in [3.8, 4) is 11.1 Å². The van der Waals surface area contributed by atoms with E-state index in [-0.39, 0.29) is 23.6 Å². The number of sulfonamides is 1. The van der Waals surface area contributed by atoms with Gasteiger partial charge in [-0.2, -0.15) is 35.7 Å². The van der Waals surface area contributed by atoms with Crippen molar-refractivity contribution in [2.45, 2.75) is 35.3 Å². The number of rotatable bonds is 8. The zero-order valence-corrected chi connectivity index (χ0v) is 22.9. The van der Waals surface area contributed by atoms with E-state index in [1.54, 1.807) is 0 Å². The SMILES string of the molecule is CN(CCO)S(=O)(=O)c1ccc(-c2ccc(C3CC(C(O)(C(F)(F)F)C(F)(F)F)=NN3c3ccc(F)cc3F)cc2)cc1. The lowest BCUT2D eigenvalue weighted by molar-refractivity contribution is -0.338. The van der Waals surface area contributed by atoms with Gasteiger partial charge in [0.05, 0.1) is 28.9 Å². The first-order valence-corrected chi connectivity index (χ1v) is 13.8. The number of aliphatic hydroxyl groups is 2. The molecule has 1 heterocycles. The first-order chi connectivity index (χ1) is 19.9. The minimum atomic E-state index is -6.22. The molecule has 1 atom stereocenters. The van der Waals surface area contributed by atoms with E-state index in [1.165, 1.54) is 55.6 Å². The molecule has 0 aliphatic carbocycles. The van der Waals surface area contributed by atoms with Crippen LogP contribution in [0.5, 0.6) is 0 Å². The highest BCUT2D eigenvalue weighted by molar-refractivity contribution is 7.89. The van der Waals surface area contributed by atoms with E-state index in [4.69, 9.17) is 5.11 Å². The van der Waals surface area contributed by atoms with E-state index in [2.05, 4.69) is 5.10 Å².